The topological polar surface area (TPSA) is 53.9 Å². The summed E-state index contributed by atoms with van der Waals surface area (Å²) in [5.74, 6) is 0.969. The van der Waals surface area contributed by atoms with Gasteiger partial charge in [0.15, 0.2) is 5.96 Å². The first kappa shape index (κ1) is 19.5. The minimum atomic E-state index is -0.0453. The summed E-state index contributed by atoms with van der Waals surface area (Å²) in [6.07, 6.45) is 4.04. The van der Waals surface area contributed by atoms with E-state index in [0.717, 1.165) is 44.9 Å². The number of aliphatic imine (C=N–C) groups is 1. The molecule has 1 aliphatic heterocycles. The standard InChI is InChI=1S/C14H27N3O2.HI/c1-4-6-9-16-14(15-3)17-10-7-12(8-11-17)13(18)19-5-2;/h12H,4-11H2,1-3H3,(H,15,16);1H. The van der Waals surface area contributed by atoms with Crippen molar-refractivity contribution in [2.45, 2.75) is 39.5 Å². The number of carbonyl (C=O) groups is 1. The van der Waals surface area contributed by atoms with Gasteiger partial charge in [0, 0.05) is 26.7 Å². The summed E-state index contributed by atoms with van der Waals surface area (Å²) in [5, 5.41) is 3.37. The number of nitrogens with zero attached hydrogens (tertiary/aromatic N) is 2. The molecule has 1 N–H and O–H groups in total. The lowest BCUT2D eigenvalue weighted by atomic mass is 9.97. The summed E-state index contributed by atoms with van der Waals surface area (Å²) in [6, 6.07) is 0. The normalized spacial score (nSPS) is 16.6. The molecule has 0 aromatic heterocycles. The van der Waals surface area contributed by atoms with Gasteiger partial charge in [-0.15, -0.1) is 24.0 Å². The van der Waals surface area contributed by atoms with Crippen LogP contribution in [0.4, 0.5) is 0 Å². The van der Waals surface area contributed by atoms with E-state index in [2.05, 4.69) is 22.1 Å². The number of carbonyl (C=O) groups excluding carboxylic acids is 1. The molecule has 0 radical (unpaired) electrons. The fourth-order valence-corrected chi connectivity index (χ4v) is 2.30. The molecule has 0 atom stereocenters. The van der Waals surface area contributed by atoms with Crippen molar-refractivity contribution in [3.8, 4) is 0 Å². The maximum Gasteiger partial charge on any atom is 0.309 e. The lowest BCUT2D eigenvalue weighted by molar-refractivity contribution is -0.149. The summed E-state index contributed by atoms with van der Waals surface area (Å²) in [5.41, 5.74) is 0. The van der Waals surface area contributed by atoms with Crippen LogP contribution in [0.2, 0.25) is 0 Å². The third kappa shape index (κ3) is 6.28. The van der Waals surface area contributed by atoms with E-state index in [1.165, 1.54) is 6.42 Å². The maximum atomic E-state index is 11.7. The van der Waals surface area contributed by atoms with E-state index in [-0.39, 0.29) is 35.9 Å². The molecular weight excluding hydrogens is 369 g/mol. The predicted molar refractivity (Wildman–Crippen MR) is 92.6 cm³/mol. The minimum Gasteiger partial charge on any atom is -0.466 e. The van der Waals surface area contributed by atoms with Crippen LogP contribution in [0.15, 0.2) is 4.99 Å². The Morgan fingerprint density at radius 2 is 2.00 bits per heavy atom. The van der Waals surface area contributed by atoms with Gasteiger partial charge in [-0.3, -0.25) is 9.79 Å². The second kappa shape index (κ2) is 11.2. The molecule has 0 unspecified atom stereocenters. The number of guanidine groups is 1. The average Bonchev–Trinajstić information content (AvgIpc) is 2.44. The van der Waals surface area contributed by atoms with Crippen LogP contribution in [0.1, 0.15) is 39.5 Å². The average molecular weight is 397 g/mol. The second-order valence-corrected chi connectivity index (χ2v) is 4.84. The summed E-state index contributed by atoms with van der Waals surface area (Å²) >= 11 is 0. The van der Waals surface area contributed by atoms with Crippen molar-refractivity contribution in [1.29, 1.82) is 0 Å². The summed E-state index contributed by atoms with van der Waals surface area (Å²) < 4.78 is 5.08. The number of piperidine rings is 1. The van der Waals surface area contributed by atoms with Crippen LogP contribution in [0.5, 0.6) is 0 Å². The molecule has 1 heterocycles. The Balaban J connectivity index is 0.00000361. The van der Waals surface area contributed by atoms with Crippen molar-refractivity contribution in [3.63, 3.8) is 0 Å². The summed E-state index contributed by atoms with van der Waals surface area (Å²) in [6.45, 7) is 7.20. The predicted octanol–water partition coefficient (Wildman–Crippen LogP) is 2.26. The first-order valence-electron chi connectivity index (χ1n) is 7.35. The molecule has 1 fully saturated rings. The number of ether oxygens (including phenoxy) is 1. The largest absolute Gasteiger partial charge is 0.466 e. The molecule has 118 valence electrons. The Morgan fingerprint density at radius 3 is 2.50 bits per heavy atom. The Kier molecular flexibility index (Phi) is 10.9. The number of unbranched alkanes of at least 4 members (excludes halogenated alkanes) is 1. The van der Waals surface area contributed by atoms with Gasteiger partial charge in [-0.05, 0) is 26.2 Å². The molecular formula is C14H28IN3O2. The zero-order valence-electron chi connectivity index (χ0n) is 12.9. The van der Waals surface area contributed by atoms with E-state index < -0.39 is 0 Å². The van der Waals surface area contributed by atoms with Gasteiger partial charge in [0.25, 0.3) is 0 Å². The first-order valence-corrected chi connectivity index (χ1v) is 7.35. The number of nitrogens with one attached hydrogen (secondary N) is 1. The molecule has 20 heavy (non-hydrogen) atoms. The molecule has 0 aromatic rings. The van der Waals surface area contributed by atoms with E-state index in [0.29, 0.717) is 6.61 Å². The molecule has 0 aromatic carbocycles. The van der Waals surface area contributed by atoms with Crippen molar-refractivity contribution in [2.24, 2.45) is 10.9 Å². The highest BCUT2D eigenvalue weighted by Gasteiger charge is 2.27. The van der Waals surface area contributed by atoms with Crippen LogP contribution in [-0.2, 0) is 9.53 Å². The number of hydrogen-bond donors (Lipinski definition) is 1. The van der Waals surface area contributed by atoms with Crippen molar-refractivity contribution < 1.29 is 9.53 Å². The maximum absolute atomic E-state index is 11.7. The molecule has 1 rings (SSSR count). The Morgan fingerprint density at radius 1 is 1.35 bits per heavy atom. The Bertz CT molecular complexity index is 303. The zero-order chi connectivity index (χ0) is 14.1. The molecule has 0 bridgehead atoms. The van der Waals surface area contributed by atoms with Crippen LogP contribution in [0.25, 0.3) is 0 Å². The van der Waals surface area contributed by atoms with E-state index in [9.17, 15) is 4.79 Å². The number of rotatable bonds is 5. The third-order valence-electron chi connectivity index (χ3n) is 3.44. The summed E-state index contributed by atoms with van der Waals surface area (Å²) in [4.78, 5) is 18.2. The highest BCUT2D eigenvalue weighted by molar-refractivity contribution is 14.0. The van der Waals surface area contributed by atoms with Crippen molar-refractivity contribution >= 4 is 35.9 Å². The second-order valence-electron chi connectivity index (χ2n) is 4.84. The van der Waals surface area contributed by atoms with Gasteiger partial charge >= 0.3 is 5.97 Å². The van der Waals surface area contributed by atoms with Crippen LogP contribution in [0.3, 0.4) is 0 Å². The monoisotopic (exact) mass is 397 g/mol. The van der Waals surface area contributed by atoms with Gasteiger partial charge in [0.05, 0.1) is 12.5 Å². The molecule has 1 aliphatic rings. The lowest BCUT2D eigenvalue weighted by Crippen LogP contribution is -2.46. The van der Waals surface area contributed by atoms with Crippen LogP contribution < -0.4 is 5.32 Å². The van der Waals surface area contributed by atoms with Crippen molar-refractivity contribution in [1.82, 2.24) is 10.2 Å². The van der Waals surface area contributed by atoms with Crippen molar-refractivity contribution in [3.05, 3.63) is 0 Å². The first-order chi connectivity index (χ1) is 9.22. The fraction of sp³-hybridized carbons (Fsp3) is 0.857. The molecule has 0 aliphatic carbocycles. The third-order valence-corrected chi connectivity index (χ3v) is 3.44. The van der Waals surface area contributed by atoms with Crippen molar-refractivity contribution in [2.75, 3.05) is 33.3 Å². The van der Waals surface area contributed by atoms with Crippen LogP contribution in [0, 0.1) is 5.92 Å². The Labute approximate surface area is 139 Å². The number of likely N-dealkylation sites (tertiary alicyclic amines) is 1. The van der Waals surface area contributed by atoms with Gasteiger partial charge in [-0.1, -0.05) is 13.3 Å². The number of halogens is 1. The van der Waals surface area contributed by atoms with Gasteiger partial charge in [-0.2, -0.15) is 0 Å². The SMILES string of the molecule is CCCCNC(=NC)N1CCC(C(=O)OCC)CC1.I. The molecule has 1 saturated heterocycles. The quantitative estimate of drug-likeness (QED) is 0.254. The highest BCUT2D eigenvalue weighted by atomic mass is 127. The van der Waals surface area contributed by atoms with Gasteiger partial charge < -0.3 is 15.0 Å². The van der Waals surface area contributed by atoms with E-state index in [1.807, 2.05) is 14.0 Å². The Hall–Kier alpha value is -0.530. The van der Waals surface area contributed by atoms with Gasteiger partial charge in [0.1, 0.15) is 0 Å². The lowest BCUT2D eigenvalue weighted by Gasteiger charge is -2.33. The molecule has 6 heteroatoms. The van der Waals surface area contributed by atoms with Gasteiger partial charge in [-0.25, -0.2) is 0 Å². The summed E-state index contributed by atoms with van der Waals surface area (Å²) in [7, 11) is 1.81. The molecule has 0 saturated carbocycles. The highest BCUT2D eigenvalue weighted by Crippen LogP contribution is 2.18. The van der Waals surface area contributed by atoms with E-state index >= 15 is 0 Å². The number of hydrogen-bond acceptors (Lipinski definition) is 3. The molecule has 0 amide bonds. The fourth-order valence-electron chi connectivity index (χ4n) is 2.30. The molecule has 0 spiro atoms. The van der Waals surface area contributed by atoms with E-state index in [1.54, 1.807) is 0 Å². The van der Waals surface area contributed by atoms with Gasteiger partial charge in [0.2, 0.25) is 0 Å². The molecule has 5 nitrogen and oxygen atoms in total. The van der Waals surface area contributed by atoms with E-state index in [4.69, 9.17) is 4.74 Å². The van der Waals surface area contributed by atoms with Crippen LogP contribution in [-0.4, -0.2) is 50.1 Å². The number of esters is 1. The van der Waals surface area contributed by atoms with Crippen LogP contribution >= 0.6 is 24.0 Å². The zero-order valence-corrected chi connectivity index (χ0v) is 15.2. The minimum absolute atomic E-state index is 0. The smallest absolute Gasteiger partial charge is 0.309 e.